The first kappa shape index (κ1) is 36.4. The first-order valence-electron chi connectivity index (χ1n) is 16.8. The van der Waals surface area contributed by atoms with Crippen LogP contribution >= 0.6 is 11.3 Å². The van der Waals surface area contributed by atoms with Crippen LogP contribution in [0.15, 0.2) is 44.7 Å². The van der Waals surface area contributed by atoms with Gasteiger partial charge < -0.3 is 18.6 Å². The summed E-state index contributed by atoms with van der Waals surface area (Å²) in [5, 5.41) is 0.0294. The largest absolute Gasteiger partial charge is 0.444 e. The van der Waals surface area contributed by atoms with Crippen LogP contribution < -0.4 is 20.7 Å². The summed E-state index contributed by atoms with van der Waals surface area (Å²) in [6.07, 6.45) is 3.34. The topological polar surface area (TPSA) is 161 Å². The number of carbonyl (C=O) groups is 1. The lowest BCUT2D eigenvalue weighted by molar-refractivity contribution is -0.124. The van der Waals surface area contributed by atoms with E-state index in [1.54, 1.807) is 6.92 Å². The second kappa shape index (κ2) is 13.1. The van der Waals surface area contributed by atoms with E-state index in [2.05, 4.69) is 9.71 Å². The molecule has 1 aliphatic carbocycles. The van der Waals surface area contributed by atoms with Crippen LogP contribution in [0.4, 0.5) is 13.2 Å². The lowest BCUT2D eigenvalue weighted by Gasteiger charge is -2.32. The molecule has 2 saturated heterocycles. The number of oxazole rings is 1. The molecule has 0 unspecified atom stereocenters. The highest BCUT2D eigenvalue weighted by Gasteiger charge is 2.56. The average Bonchev–Trinajstić information content (AvgIpc) is 3.33. The van der Waals surface area contributed by atoms with Gasteiger partial charge >= 0.3 is 12.3 Å². The molecular weight excluding hydrogens is 730 g/mol. The molecule has 3 fully saturated rings. The zero-order chi connectivity index (χ0) is 37.3. The van der Waals surface area contributed by atoms with E-state index >= 15 is 0 Å². The maximum Gasteiger partial charge on any atom is 0.387 e. The quantitative estimate of drug-likeness (QED) is 0.217. The molecule has 1 saturated carbocycles. The van der Waals surface area contributed by atoms with Crippen molar-refractivity contribution >= 4 is 37.5 Å². The molecule has 1 aromatic carbocycles. The van der Waals surface area contributed by atoms with Gasteiger partial charge in [-0.1, -0.05) is 0 Å². The van der Waals surface area contributed by atoms with Crippen LogP contribution in [0.5, 0.6) is 5.75 Å². The van der Waals surface area contributed by atoms with Crippen LogP contribution in [-0.4, -0.2) is 58.1 Å². The van der Waals surface area contributed by atoms with E-state index in [4.69, 9.17) is 18.6 Å². The summed E-state index contributed by atoms with van der Waals surface area (Å²) in [7, 11) is -4.24. The second-order valence-corrected chi connectivity index (χ2v) is 17.9. The Morgan fingerprint density at radius 1 is 1.17 bits per heavy atom. The summed E-state index contributed by atoms with van der Waals surface area (Å²) >= 11 is 1.01. The number of nitrogens with zero attached hydrogens (tertiary/aromatic N) is 3. The van der Waals surface area contributed by atoms with Crippen molar-refractivity contribution in [2.45, 2.75) is 114 Å². The van der Waals surface area contributed by atoms with Gasteiger partial charge in [0, 0.05) is 5.56 Å². The molecule has 0 spiro atoms. The number of thiophene rings is 1. The van der Waals surface area contributed by atoms with Crippen LogP contribution in [0.1, 0.15) is 76.5 Å². The Balaban J connectivity index is 1.42. The third-order valence-corrected chi connectivity index (χ3v) is 13.3. The van der Waals surface area contributed by atoms with Crippen molar-refractivity contribution in [3.63, 3.8) is 0 Å². The Kier molecular flexibility index (Phi) is 9.19. The van der Waals surface area contributed by atoms with E-state index < -0.39 is 68.6 Å². The van der Waals surface area contributed by atoms with Gasteiger partial charge in [0.1, 0.15) is 34.3 Å². The molecule has 1 N–H and O–H groups in total. The van der Waals surface area contributed by atoms with Gasteiger partial charge in [-0.25, -0.2) is 27.2 Å². The second-order valence-electron chi connectivity index (χ2n) is 14.4. The summed E-state index contributed by atoms with van der Waals surface area (Å²) < 4.78 is 93.8. The SMILES string of the molecule is Cc1c(-c2ncco2)sc2c1c(=O)n(C1(C(=O)NS(=O)(=O)C(C)(C)C)CC1)c(=O)n2C[C@H](O[C@@H]1C[C@H]2CC[C@@H](C1)O2)c1cc(F)ccc1OC(F)F. The minimum Gasteiger partial charge on any atom is -0.444 e. The van der Waals surface area contributed by atoms with E-state index in [1.165, 1.54) is 37.8 Å². The van der Waals surface area contributed by atoms with Gasteiger partial charge in [0.2, 0.25) is 15.9 Å². The molecule has 7 rings (SSSR count). The number of hydrogen-bond acceptors (Lipinski definition) is 11. The molecule has 4 aromatic rings. The van der Waals surface area contributed by atoms with E-state index in [0.717, 1.165) is 46.9 Å². The summed E-state index contributed by atoms with van der Waals surface area (Å²) in [4.78, 5) is 47.7. The van der Waals surface area contributed by atoms with Gasteiger partial charge in [0.25, 0.3) is 11.5 Å². The molecule has 13 nitrogen and oxygen atoms in total. The average molecular weight is 767 g/mol. The lowest BCUT2D eigenvalue weighted by atomic mass is 10.0. The number of ether oxygens (including phenoxy) is 3. The third-order valence-electron chi connectivity index (χ3n) is 9.93. The van der Waals surface area contributed by atoms with Gasteiger partial charge in [0.05, 0.1) is 46.1 Å². The van der Waals surface area contributed by atoms with Crippen molar-refractivity contribution in [3.8, 4) is 16.5 Å². The molecule has 3 aromatic heterocycles. The van der Waals surface area contributed by atoms with Gasteiger partial charge in [-0.2, -0.15) is 8.78 Å². The van der Waals surface area contributed by atoms with Crippen LogP contribution in [-0.2, 0) is 36.4 Å². The number of rotatable bonds is 11. The number of hydrogen-bond donors (Lipinski definition) is 1. The van der Waals surface area contributed by atoms with Gasteiger partial charge in [-0.3, -0.25) is 18.9 Å². The number of aryl methyl sites for hydroxylation is 1. The number of alkyl halides is 2. The van der Waals surface area contributed by atoms with E-state index in [9.17, 15) is 36.0 Å². The molecule has 2 aliphatic heterocycles. The highest BCUT2D eigenvalue weighted by molar-refractivity contribution is 7.91. The van der Waals surface area contributed by atoms with Crippen molar-refractivity contribution in [1.82, 2.24) is 18.8 Å². The monoisotopic (exact) mass is 766 g/mol. The Bertz CT molecular complexity index is 2250. The van der Waals surface area contributed by atoms with Crippen molar-refractivity contribution < 1.29 is 45.0 Å². The predicted molar refractivity (Wildman–Crippen MR) is 182 cm³/mol. The van der Waals surface area contributed by atoms with Gasteiger partial charge in [-0.15, -0.1) is 11.3 Å². The summed E-state index contributed by atoms with van der Waals surface area (Å²) in [6.45, 7) is 2.11. The Morgan fingerprint density at radius 3 is 2.46 bits per heavy atom. The first-order valence-corrected chi connectivity index (χ1v) is 19.1. The maximum absolute atomic E-state index is 14.9. The summed E-state index contributed by atoms with van der Waals surface area (Å²) in [5.74, 6) is -2.03. The van der Waals surface area contributed by atoms with Crippen molar-refractivity contribution in [3.05, 3.63) is 68.4 Å². The lowest BCUT2D eigenvalue weighted by Crippen LogP contribution is -2.54. The number of nitrogens with one attached hydrogen (secondary N) is 1. The number of halogens is 3. The normalized spacial score (nSPS) is 21.8. The molecule has 52 heavy (non-hydrogen) atoms. The molecule has 280 valence electrons. The fraction of sp³-hybridized carbons (Fsp3) is 0.529. The fourth-order valence-corrected chi connectivity index (χ4v) is 8.96. The van der Waals surface area contributed by atoms with E-state index in [1.807, 2.05) is 0 Å². The molecule has 5 heterocycles. The van der Waals surface area contributed by atoms with Crippen LogP contribution in [0.2, 0.25) is 0 Å². The minimum atomic E-state index is -4.24. The number of aromatic nitrogens is 3. The highest BCUT2D eigenvalue weighted by atomic mass is 32.2. The molecule has 2 bridgehead atoms. The van der Waals surface area contributed by atoms with Gasteiger partial charge in [-0.05, 0) is 90.0 Å². The molecule has 0 radical (unpaired) electrons. The number of benzene rings is 1. The molecule has 4 atom stereocenters. The third kappa shape index (κ3) is 6.47. The van der Waals surface area contributed by atoms with E-state index in [-0.39, 0.29) is 52.5 Å². The van der Waals surface area contributed by atoms with E-state index in [0.29, 0.717) is 23.3 Å². The number of amides is 1. The summed E-state index contributed by atoms with van der Waals surface area (Å²) in [6, 6.07) is 3.01. The number of sulfonamides is 1. The minimum absolute atomic E-state index is 0.0179. The van der Waals surface area contributed by atoms with Crippen molar-refractivity contribution in [2.75, 3.05) is 0 Å². The van der Waals surface area contributed by atoms with Gasteiger partial charge in [0.15, 0.2) is 0 Å². The van der Waals surface area contributed by atoms with Crippen LogP contribution in [0.25, 0.3) is 21.0 Å². The molecule has 1 amide bonds. The standard InChI is InChI=1S/C34H37F3N4O9S2/c1-17-25-28(42)41(34(9-10-34)30(43)39-52(45,46)33(2,3)4)32(44)40(29(25)51-26(17)27-38-11-12-47-27)16-24(49-21-14-19-6-7-20(15-21)48-19)22-13-18(35)5-8-23(22)50-31(36)37/h5,8,11-13,19-21,24,31H,6-7,9-10,14-16H2,1-4H3,(H,39,43)/t19-,20+,21-,24-/m0/s1. The Hall–Kier alpha value is -4.00. The Labute approximate surface area is 299 Å². The molecule has 3 aliphatic rings. The Morgan fingerprint density at radius 2 is 1.87 bits per heavy atom. The van der Waals surface area contributed by atoms with Crippen molar-refractivity contribution in [2.24, 2.45) is 0 Å². The smallest absolute Gasteiger partial charge is 0.387 e. The highest BCUT2D eigenvalue weighted by Crippen LogP contribution is 2.44. The predicted octanol–water partition coefficient (Wildman–Crippen LogP) is 5.13. The molecule has 18 heteroatoms. The fourth-order valence-electron chi connectivity index (χ4n) is 6.97. The van der Waals surface area contributed by atoms with Crippen LogP contribution in [0.3, 0.4) is 0 Å². The van der Waals surface area contributed by atoms with Crippen LogP contribution in [0, 0.1) is 12.7 Å². The summed E-state index contributed by atoms with van der Waals surface area (Å²) in [5.41, 5.74) is -3.40. The zero-order valence-corrected chi connectivity index (χ0v) is 30.3. The first-order chi connectivity index (χ1) is 24.5. The molecular formula is C34H37F3N4O9S2. The van der Waals surface area contributed by atoms with Crippen molar-refractivity contribution in [1.29, 1.82) is 0 Å². The maximum atomic E-state index is 14.9. The number of carbonyl (C=O) groups excluding carboxylic acids is 1. The zero-order valence-electron chi connectivity index (χ0n) is 28.7. The number of fused-ring (bicyclic) bond motifs is 3.